The van der Waals surface area contributed by atoms with Crippen LogP contribution in [0.1, 0.15) is 30.6 Å². The van der Waals surface area contributed by atoms with Gasteiger partial charge in [-0.3, -0.25) is 9.59 Å². The number of fused-ring (bicyclic) bond motifs is 1. The summed E-state index contributed by atoms with van der Waals surface area (Å²) in [6, 6.07) is 7.21. The summed E-state index contributed by atoms with van der Waals surface area (Å²) in [5.41, 5.74) is 8.62. The normalized spacial score (nSPS) is 15.5. The Morgan fingerprint density at radius 3 is 2.89 bits per heavy atom. The van der Waals surface area contributed by atoms with Gasteiger partial charge in [-0.15, -0.1) is 0 Å². The molecule has 3 aromatic rings. The van der Waals surface area contributed by atoms with Crippen molar-refractivity contribution in [1.29, 1.82) is 0 Å². The van der Waals surface area contributed by atoms with Crippen LogP contribution in [-0.4, -0.2) is 75.1 Å². The molecule has 1 aliphatic heterocycles. The Labute approximate surface area is 203 Å². The lowest BCUT2D eigenvalue weighted by Crippen LogP contribution is -2.28. The molecular formula is C25H28N8O2. The maximum absolute atomic E-state index is 12.6. The number of aromatic nitrogens is 4. The summed E-state index contributed by atoms with van der Waals surface area (Å²) >= 11 is 0. The van der Waals surface area contributed by atoms with Crippen LogP contribution >= 0.6 is 0 Å². The highest BCUT2D eigenvalue weighted by atomic mass is 16.2. The standard InChI is InChI=1S/C25H28N8O2/c1-17(34)29-19-7-4-6-18(14-19)9-10-21-23-24(26)27-16-28-25(23)33(30-21)20-11-13-32(15-20)22(35)8-5-12-31(2)3/h4-8,14,16,20H,11-13,15H2,1-3H3,(H,29,34)(H2,26,27,28). The van der Waals surface area contributed by atoms with Gasteiger partial charge in [-0.25, -0.2) is 14.6 Å². The average Bonchev–Trinajstić information content (AvgIpc) is 3.43. The zero-order valence-electron chi connectivity index (χ0n) is 20.0. The van der Waals surface area contributed by atoms with Gasteiger partial charge in [0.05, 0.1) is 11.4 Å². The molecule has 180 valence electrons. The number of hydrogen-bond donors (Lipinski definition) is 2. The van der Waals surface area contributed by atoms with Gasteiger partial charge in [0.1, 0.15) is 17.8 Å². The second kappa shape index (κ2) is 10.4. The summed E-state index contributed by atoms with van der Waals surface area (Å²) in [5, 5.41) is 8.07. The third-order valence-corrected chi connectivity index (χ3v) is 5.58. The van der Waals surface area contributed by atoms with Crippen molar-refractivity contribution in [3.8, 4) is 11.8 Å². The van der Waals surface area contributed by atoms with Gasteiger partial charge in [-0.05, 0) is 44.6 Å². The first-order valence-electron chi connectivity index (χ1n) is 11.3. The van der Waals surface area contributed by atoms with Crippen molar-refractivity contribution in [2.24, 2.45) is 0 Å². The summed E-state index contributed by atoms with van der Waals surface area (Å²) in [6.45, 7) is 3.32. The highest BCUT2D eigenvalue weighted by molar-refractivity contribution is 5.91. The smallest absolute Gasteiger partial charge is 0.246 e. The summed E-state index contributed by atoms with van der Waals surface area (Å²) in [4.78, 5) is 36.3. The van der Waals surface area contributed by atoms with Crippen LogP contribution in [-0.2, 0) is 9.59 Å². The molecular weight excluding hydrogens is 444 g/mol. The Morgan fingerprint density at radius 2 is 2.11 bits per heavy atom. The molecule has 3 heterocycles. The van der Waals surface area contributed by atoms with Crippen LogP contribution in [0, 0.1) is 11.8 Å². The minimum absolute atomic E-state index is 0.0148. The SMILES string of the molecule is CC(=O)Nc1cccc(C#Cc2nn(C3CCN(C(=O)C=CCN(C)C)C3)c3ncnc(N)c23)c1. The first kappa shape index (κ1) is 23.9. The van der Waals surface area contributed by atoms with Crippen molar-refractivity contribution in [3.63, 3.8) is 0 Å². The Hall–Kier alpha value is -4.23. The Morgan fingerprint density at radius 1 is 1.29 bits per heavy atom. The van der Waals surface area contributed by atoms with E-state index in [0.29, 0.717) is 47.9 Å². The molecule has 1 saturated heterocycles. The summed E-state index contributed by atoms with van der Waals surface area (Å²) < 4.78 is 1.81. The first-order valence-corrected chi connectivity index (χ1v) is 11.3. The second-order valence-corrected chi connectivity index (χ2v) is 8.65. The van der Waals surface area contributed by atoms with Crippen LogP contribution in [0.5, 0.6) is 0 Å². The van der Waals surface area contributed by atoms with Crippen molar-refractivity contribution in [1.82, 2.24) is 29.5 Å². The lowest BCUT2D eigenvalue weighted by molar-refractivity contribution is -0.125. The van der Waals surface area contributed by atoms with E-state index in [0.717, 1.165) is 12.0 Å². The van der Waals surface area contributed by atoms with Crippen LogP contribution in [0.4, 0.5) is 11.5 Å². The highest BCUT2D eigenvalue weighted by Gasteiger charge is 2.29. The largest absolute Gasteiger partial charge is 0.383 e. The summed E-state index contributed by atoms with van der Waals surface area (Å²) in [7, 11) is 3.91. The topological polar surface area (TPSA) is 122 Å². The van der Waals surface area contributed by atoms with Crippen LogP contribution in [0.15, 0.2) is 42.7 Å². The number of likely N-dealkylation sites (tertiary alicyclic amines) is 1. The van der Waals surface area contributed by atoms with E-state index in [1.54, 1.807) is 18.2 Å². The molecule has 0 saturated carbocycles. The molecule has 0 aliphatic carbocycles. The first-order chi connectivity index (χ1) is 16.8. The van der Waals surface area contributed by atoms with Crippen molar-refractivity contribution < 1.29 is 9.59 Å². The number of rotatable bonds is 5. The molecule has 3 N–H and O–H groups in total. The van der Waals surface area contributed by atoms with E-state index in [-0.39, 0.29) is 17.9 Å². The molecule has 10 heteroatoms. The summed E-state index contributed by atoms with van der Waals surface area (Å²) in [5.74, 6) is 6.32. The molecule has 1 aliphatic rings. The van der Waals surface area contributed by atoms with Gasteiger partial charge in [-0.1, -0.05) is 18.1 Å². The lowest BCUT2D eigenvalue weighted by Gasteiger charge is -2.15. The number of carbonyl (C=O) groups is 2. The van der Waals surface area contributed by atoms with Gasteiger partial charge in [0, 0.05) is 43.9 Å². The van der Waals surface area contributed by atoms with Crippen LogP contribution < -0.4 is 11.1 Å². The number of nitrogen functional groups attached to an aromatic ring is 1. The molecule has 1 atom stereocenters. The Bertz CT molecular complexity index is 1350. The number of nitrogens with two attached hydrogens (primary N) is 1. The van der Waals surface area contributed by atoms with Gasteiger partial charge >= 0.3 is 0 Å². The van der Waals surface area contributed by atoms with Crippen molar-refractivity contribution in [2.75, 3.05) is 44.8 Å². The van der Waals surface area contributed by atoms with Gasteiger partial charge in [0.2, 0.25) is 11.8 Å². The van der Waals surface area contributed by atoms with Crippen LogP contribution in [0.2, 0.25) is 0 Å². The molecule has 0 spiro atoms. The summed E-state index contributed by atoms with van der Waals surface area (Å²) in [6.07, 6.45) is 5.64. The highest BCUT2D eigenvalue weighted by Crippen LogP contribution is 2.28. The minimum atomic E-state index is -0.151. The third-order valence-electron chi connectivity index (χ3n) is 5.58. The second-order valence-electron chi connectivity index (χ2n) is 8.65. The average molecular weight is 473 g/mol. The van der Waals surface area contributed by atoms with E-state index in [4.69, 9.17) is 10.8 Å². The number of nitrogens with zero attached hydrogens (tertiary/aromatic N) is 6. The molecule has 1 aromatic carbocycles. The Balaban J connectivity index is 1.60. The van der Waals surface area contributed by atoms with E-state index in [2.05, 4.69) is 27.1 Å². The molecule has 2 amide bonds. The molecule has 4 rings (SSSR count). The number of amides is 2. The van der Waals surface area contributed by atoms with E-state index >= 15 is 0 Å². The van der Waals surface area contributed by atoms with Crippen molar-refractivity contribution >= 4 is 34.4 Å². The van der Waals surface area contributed by atoms with Gasteiger partial charge in [0.15, 0.2) is 5.65 Å². The molecule has 2 aromatic heterocycles. The number of benzene rings is 1. The maximum Gasteiger partial charge on any atom is 0.246 e. The molecule has 0 bridgehead atoms. The maximum atomic E-state index is 12.6. The van der Waals surface area contributed by atoms with Crippen molar-refractivity contribution in [2.45, 2.75) is 19.4 Å². The lowest BCUT2D eigenvalue weighted by atomic mass is 10.2. The van der Waals surface area contributed by atoms with Crippen LogP contribution in [0.3, 0.4) is 0 Å². The third kappa shape index (κ3) is 5.65. The predicted molar refractivity (Wildman–Crippen MR) is 134 cm³/mol. The fourth-order valence-corrected chi connectivity index (χ4v) is 3.96. The number of anilines is 2. The Kier molecular flexibility index (Phi) is 7.08. The molecule has 0 radical (unpaired) electrons. The van der Waals surface area contributed by atoms with E-state index < -0.39 is 0 Å². The fourth-order valence-electron chi connectivity index (χ4n) is 3.96. The van der Waals surface area contributed by atoms with E-state index in [1.165, 1.54) is 13.3 Å². The minimum Gasteiger partial charge on any atom is -0.383 e. The fraction of sp³-hybridized carbons (Fsp3) is 0.320. The molecule has 10 nitrogen and oxygen atoms in total. The van der Waals surface area contributed by atoms with E-state index in [9.17, 15) is 9.59 Å². The number of nitrogens with one attached hydrogen (secondary N) is 1. The van der Waals surface area contributed by atoms with Gasteiger partial charge in [-0.2, -0.15) is 5.10 Å². The van der Waals surface area contributed by atoms with E-state index in [1.807, 2.05) is 46.8 Å². The van der Waals surface area contributed by atoms with Gasteiger partial charge in [0.25, 0.3) is 0 Å². The zero-order valence-corrected chi connectivity index (χ0v) is 20.0. The molecule has 1 fully saturated rings. The van der Waals surface area contributed by atoms with Crippen LogP contribution in [0.25, 0.3) is 11.0 Å². The van der Waals surface area contributed by atoms with Crippen molar-refractivity contribution in [3.05, 3.63) is 54.0 Å². The quantitative estimate of drug-likeness (QED) is 0.428. The zero-order chi connectivity index (χ0) is 24.9. The predicted octanol–water partition coefficient (Wildman–Crippen LogP) is 1.66. The number of carbonyl (C=O) groups excluding carboxylic acids is 2. The number of hydrogen-bond acceptors (Lipinski definition) is 7. The molecule has 1 unspecified atom stereocenters. The monoisotopic (exact) mass is 472 g/mol. The molecule has 35 heavy (non-hydrogen) atoms. The van der Waals surface area contributed by atoms with Gasteiger partial charge < -0.3 is 20.9 Å². The number of likely N-dealkylation sites (N-methyl/N-ethyl adjacent to an activating group) is 1.